The van der Waals surface area contributed by atoms with Gasteiger partial charge in [0.2, 0.25) is 10.0 Å². The van der Waals surface area contributed by atoms with Crippen molar-refractivity contribution in [3.05, 3.63) is 18.3 Å². The van der Waals surface area contributed by atoms with Crippen LogP contribution in [0.25, 0.3) is 0 Å². The predicted octanol–water partition coefficient (Wildman–Crippen LogP) is 0.170. The highest BCUT2D eigenvalue weighted by molar-refractivity contribution is 7.89. The number of aromatic nitrogens is 1. The molecule has 18 heavy (non-hydrogen) atoms. The van der Waals surface area contributed by atoms with E-state index in [4.69, 9.17) is 0 Å². The summed E-state index contributed by atoms with van der Waals surface area (Å²) in [6.45, 7) is 1.96. The van der Waals surface area contributed by atoms with E-state index in [1.807, 2.05) is 0 Å². The van der Waals surface area contributed by atoms with Crippen LogP contribution < -0.4 is 10.0 Å². The fourth-order valence-corrected chi connectivity index (χ4v) is 3.02. The standard InChI is InChI=1S/C10H17N3O3S2/c1-3-17(14)7-6-13-18(15,16)9-4-5-12-10(8-9)11-2/h4-5,8,13H,3,6-7H2,1-2H3,(H,11,12). The molecule has 0 aliphatic rings. The lowest BCUT2D eigenvalue weighted by Gasteiger charge is -2.07. The number of rotatable bonds is 7. The van der Waals surface area contributed by atoms with Crippen LogP contribution in [0.15, 0.2) is 23.2 Å². The maximum Gasteiger partial charge on any atom is 0.240 e. The van der Waals surface area contributed by atoms with Crippen LogP contribution >= 0.6 is 0 Å². The van der Waals surface area contributed by atoms with Crippen LogP contribution in [0, 0.1) is 0 Å². The lowest BCUT2D eigenvalue weighted by atomic mass is 10.5. The molecule has 1 atom stereocenters. The normalized spacial score (nSPS) is 13.2. The van der Waals surface area contributed by atoms with E-state index in [-0.39, 0.29) is 11.4 Å². The zero-order valence-electron chi connectivity index (χ0n) is 10.3. The molecule has 0 bridgehead atoms. The third-order valence-electron chi connectivity index (χ3n) is 2.24. The smallest absolute Gasteiger partial charge is 0.240 e. The Morgan fingerprint density at radius 2 is 2.17 bits per heavy atom. The first kappa shape index (κ1) is 15.1. The molecule has 8 heteroatoms. The van der Waals surface area contributed by atoms with Gasteiger partial charge < -0.3 is 5.32 Å². The van der Waals surface area contributed by atoms with E-state index >= 15 is 0 Å². The fourth-order valence-electron chi connectivity index (χ4n) is 1.23. The Labute approximate surface area is 110 Å². The van der Waals surface area contributed by atoms with Crippen molar-refractivity contribution in [2.24, 2.45) is 0 Å². The minimum Gasteiger partial charge on any atom is -0.373 e. The number of hydrogen-bond donors (Lipinski definition) is 2. The molecule has 1 rings (SSSR count). The molecule has 0 spiro atoms. The summed E-state index contributed by atoms with van der Waals surface area (Å²) in [6.07, 6.45) is 1.42. The van der Waals surface area contributed by atoms with Crippen molar-refractivity contribution < 1.29 is 12.6 Å². The van der Waals surface area contributed by atoms with Crippen molar-refractivity contribution in [3.63, 3.8) is 0 Å². The van der Waals surface area contributed by atoms with Gasteiger partial charge >= 0.3 is 0 Å². The highest BCUT2D eigenvalue weighted by Crippen LogP contribution is 2.11. The Hall–Kier alpha value is -0.990. The summed E-state index contributed by atoms with van der Waals surface area (Å²) in [5.41, 5.74) is 0. The van der Waals surface area contributed by atoms with E-state index < -0.39 is 20.8 Å². The second-order valence-corrected chi connectivity index (χ2v) is 7.09. The summed E-state index contributed by atoms with van der Waals surface area (Å²) in [6, 6.07) is 2.86. The van der Waals surface area contributed by atoms with Gasteiger partial charge in [-0.15, -0.1) is 0 Å². The van der Waals surface area contributed by atoms with Crippen LogP contribution in [0.2, 0.25) is 0 Å². The fraction of sp³-hybridized carbons (Fsp3) is 0.500. The average molecular weight is 291 g/mol. The van der Waals surface area contributed by atoms with E-state index in [1.165, 1.54) is 18.3 Å². The highest BCUT2D eigenvalue weighted by atomic mass is 32.2. The molecule has 0 saturated heterocycles. The Morgan fingerprint density at radius 3 is 2.78 bits per heavy atom. The van der Waals surface area contributed by atoms with Crippen LogP contribution in [0.3, 0.4) is 0 Å². The second kappa shape index (κ2) is 6.81. The van der Waals surface area contributed by atoms with Crippen molar-refractivity contribution >= 4 is 26.6 Å². The lowest BCUT2D eigenvalue weighted by Crippen LogP contribution is -2.28. The Balaban J connectivity index is 2.71. The van der Waals surface area contributed by atoms with Crippen LogP contribution in [-0.4, -0.2) is 42.7 Å². The number of pyridine rings is 1. The average Bonchev–Trinajstić information content (AvgIpc) is 2.38. The number of nitrogens with zero attached hydrogens (tertiary/aromatic N) is 1. The lowest BCUT2D eigenvalue weighted by molar-refractivity contribution is 0.584. The molecule has 0 aliphatic carbocycles. The summed E-state index contributed by atoms with van der Waals surface area (Å²) in [5.74, 6) is 1.33. The van der Waals surface area contributed by atoms with Crippen LogP contribution in [0.1, 0.15) is 6.92 Å². The summed E-state index contributed by atoms with van der Waals surface area (Å²) in [7, 11) is -2.87. The van der Waals surface area contributed by atoms with Crippen LogP contribution in [0.5, 0.6) is 0 Å². The summed E-state index contributed by atoms with van der Waals surface area (Å²) in [5, 5.41) is 2.77. The summed E-state index contributed by atoms with van der Waals surface area (Å²) in [4.78, 5) is 4.08. The molecule has 1 unspecified atom stereocenters. The van der Waals surface area contributed by atoms with Crippen molar-refractivity contribution in [1.29, 1.82) is 0 Å². The van der Waals surface area contributed by atoms with E-state index in [0.717, 1.165) is 0 Å². The zero-order chi connectivity index (χ0) is 13.6. The van der Waals surface area contributed by atoms with Gasteiger partial charge in [-0.1, -0.05) is 6.92 Å². The molecule has 0 radical (unpaired) electrons. The van der Waals surface area contributed by atoms with E-state index in [1.54, 1.807) is 14.0 Å². The van der Waals surface area contributed by atoms with Crippen molar-refractivity contribution in [2.45, 2.75) is 11.8 Å². The molecule has 0 fully saturated rings. The van der Waals surface area contributed by atoms with E-state index in [2.05, 4.69) is 15.0 Å². The van der Waals surface area contributed by atoms with Gasteiger partial charge in [0, 0.05) is 48.2 Å². The SMILES string of the molecule is CCS(=O)CCNS(=O)(=O)c1ccnc(NC)c1. The number of anilines is 1. The monoisotopic (exact) mass is 291 g/mol. The summed E-state index contributed by atoms with van der Waals surface area (Å²) >= 11 is 0. The van der Waals surface area contributed by atoms with Crippen LogP contribution in [0.4, 0.5) is 5.82 Å². The molecule has 6 nitrogen and oxygen atoms in total. The third kappa shape index (κ3) is 4.35. The third-order valence-corrected chi connectivity index (χ3v) is 5.00. The van der Waals surface area contributed by atoms with Gasteiger partial charge in [-0.3, -0.25) is 4.21 Å². The first-order valence-electron chi connectivity index (χ1n) is 5.48. The van der Waals surface area contributed by atoms with Crippen molar-refractivity contribution in [1.82, 2.24) is 9.71 Å². The van der Waals surface area contributed by atoms with E-state index in [0.29, 0.717) is 17.3 Å². The van der Waals surface area contributed by atoms with Gasteiger partial charge in [0.1, 0.15) is 5.82 Å². The van der Waals surface area contributed by atoms with Gasteiger partial charge in [0.05, 0.1) is 4.90 Å². The maximum absolute atomic E-state index is 11.9. The Kier molecular flexibility index (Phi) is 5.70. The molecule has 102 valence electrons. The Bertz CT molecular complexity index is 517. The first-order valence-corrected chi connectivity index (χ1v) is 8.45. The summed E-state index contributed by atoms with van der Waals surface area (Å²) < 4.78 is 37.4. The minimum atomic E-state index is -3.56. The number of nitrogens with one attached hydrogen (secondary N) is 2. The molecule has 0 aromatic carbocycles. The van der Waals surface area contributed by atoms with Gasteiger partial charge in [-0.2, -0.15) is 0 Å². The predicted molar refractivity (Wildman–Crippen MR) is 72.5 cm³/mol. The van der Waals surface area contributed by atoms with Crippen molar-refractivity contribution in [2.75, 3.05) is 30.4 Å². The minimum absolute atomic E-state index is 0.143. The molecule has 2 N–H and O–H groups in total. The number of sulfonamides is 1. The Morgan fingerprint density at radius 1 is 1.44 bits per heavy atom. The molecule has 1 aromatic heterocycles. The molecular formula is C10H17N3O3S2. The molecule has 0 saturated carbocycles. The van der Waals surface area contributed by atoms with Gasteiger partial charge in [-0.05, 0) is 6.07 Å². The highest BCUT2D eigenvalue weighted by Gasteiger charge is 2.14. The topological polar surface area (TPSA) is 88.2 Å². The second-order valence-electron chi connectivity index (χ2n) is 3.46. The van der Waals surface area contributed by atoms with Crippen LogP contribution in [-0.2, 0) is 20.8 Å². The van der Waals surface area contributed by atoms with Gasteiger partial charge in [-0.25, -0.2) is 18.1 Å². The maximum atomic E-state index is 11.9. The van der Waals surface area contributed by atoms with E-state index in [9.17, 15) is 12.6 Å². The van der Waals surface area contributed by atoms with Gasteiger partial charge in [0.15, 0.2) is 0 Å². The molecule has 1 heterocycles. The van der Waals surface area contributed by atoms with Gasteiger partial charge in [0.25, 0.3) is 0 Å². The first-order chi connectivity index (χ1) is 8.49. The quantitative estimate of drug-likeness (QED) is 0.747. The number of hydrogen-bond acceptors (Lipinski definition) is 5. The van der Waals surface area contributed by atoms with Crippen molar-refractivity contribution in [3.8, 4) is 0 Å². The molecular weight excluding hydrogens is 274 g/mol. The molecule has 0 amide bonds. The largest absolute Gasteiger partial charge is 0.373 e. The molecule has 0 aliphatic heterocycles. The zero-order valence-corrected chi connectivity index (χ0v) is 12.0. The molecule has 1 aromatic rings.